The van der Waals surface area contributed by atoms with Crippen molar-refractivity contribution in [1.82, 2.24) is 0 Å². The van der Waals surface area contributed by atoms with E-state index in [1.54, 1.807) is 0 Å². The first kappa shape index (κ1) is 10.7. The van der Waals surface area contributed by atoms with Crippen LogP contribution in [0.1, 0.15) is 24.2 Å². The summed E-state index contributed by atoms with van der Waals surface area (Å²) >= 11 is 0. The molecule has 2 rings (SSSR count). The van der Waals surface area contributed by atoms with Crippen molar-refractivity contribution >= 4 is 11.9 Å². The van der Waals surface area contributed by atoms with E-state index in [1.807, 2.05) is 13.8 Å². The lowest BCUT2D eigenvalue weighted by Crippen LogP contribution is -2.34. The zero-order valence-electron chi connectivity index (χ0n) is 9.06. The van der Waals surface area contributed by atoms with Gasteiger partial charge in [-0.05, 0) is 6.07 Å². The monoisotopic (exact) mass is 224 g/mol. The number of ether oxygens (including phenoxy) is 2. The van der Waals surface area contributed by atoms with Crippen molar-refractivity contribution in [3.63, 3.8) is 0 Å². The van der Waals surface area contributed by atoms with Crippen molar-refractivity contribution in [2.45, 2.75) is 20.0 Å². The summed E-state index contributed by atoms with van der Waals surface area (Å²) in [5, 5.41) is 0. The number of furan rings is 1. The van der Waals surface area contributed by atoms with E-state index >= 15 is 0 Å². The van der Waals surface area contributed by atoms with Gasteiger partial charge >= 0.3 is 11.9 Å². The van der Waals surface area contributed by atoms with Crippen LogP contribution in [0.4, 0.5) is 0 Å². The second-order valence-electron chi connectivity index (χ2n) is 4.39. The molecule has 0 N–H and O–H groups in total. The van der Waals surface area contributed by atoms with E-state index in [0.29, 0.717) is 0 Å². The van der Waals surface area contributed by atoms with Gasteiger partial charge in [0.15, 0.2) is 0 Å². The molecule has 1 aliphatic rings. The van der Waals surface area contributed by atoms with Gasteiger partial charge in [0.25, 0.3) is 0 Å². The van der Waals surface area contributed by atoms with E-state index in [1.165, 1.54) is 18.6 Å². The molecule has 0 bridgehead atoms. The number of hydrogen-bond donors (Lipinski definition) is 0. The second kappa shape index (κ2) is 3.66. The Morgan fingerprint density at radius 3 is 2.81 bits per heavy atom. The minimum absolute atomic E-state index is 0.259. The molecule has 2 heterocycles. The van der Waals surface area contributed by atoms with Gasteiger partial charge in [0, 0.05) is 5.41 Å². The van der Waals surface area contributed by atoms with Crippen LogP contribution >= 0.6 is 0 Å². The number of carbonyl (C=O) groups excluding carboxylic acids is 2. The van der Waals surface area contributed by atoms with Crippen molar-refractivity contribution in [2.24, 2.45) is 5.41 Å². The van der Waals surface area contributed by atoms with Crippen LogP contribution in [0, 0.1) is 5.41 Å². The molecule has 1 aromatic heterocycles. The highest BCUT2D eigenvalue weighted by Crippen LogP contribution is 2.31. The van der Waals surface area contributed by atoms with Crippen LogP contribution in [0.5, 0.6) is 0 Å². The number of hydrogen-bond acceptors (Lipinski definition) is 5. The molecule has 1 aromatic rings. The second-order valence-corrected chi connectivity index (χ2v) is 4.39. The van der Waals surface area contributed by atoms with Gasteiger partial charge < -0.3 is 13.9 Å². The van der Waals surface area contributed by atoms with Gasteiger partial charge in [-0.25, -0.2) is 9.59 Å². The Bertz CT molecular complexity index is 404. The fourth-order valence-electron chi connectivity index (χ4n) is 1.49. The Morgan fingerprint density at radius 2 is 2.31 bits per heavy atom. The van der Waals surface area contributed by atoms with Crippen molar-refractivity contribution in [3.8, 4) is 0 Å². The lowest BCUT2D eigenvalue weighted by Gasteiger charge is -2.21. The highest BCUT2D eigenvalue weighted by Gasteiger charge is 2.46. The van der Waals surface area contributed by atoms with Crippen LogP contribution in [0.3, 0.4) is 0 Å². The molecule has 0 spiro atoms. The molecule has 1 saturated heterocycles. The lowest BCUT2D eigenvalue weighted by atomic mass is 9.90. The van der Waals surface area contributed by atoms with E-state index in [2.05, 4.69) is 0 Å². The smallest absolute Gasteiger partial charge is 0.348 e. The number of esters is 2. The van der Waals surface area contributed by atoms with E-state index < -0.39 is 23.5 Å². The Morgan fingerprint density at radius 1 is 1.56 bits per heavy atom. The third-order valence-electron chi connectivity index (χ3n) is 2.49. The van der Waals surface area contributed by atoms with Crippen molar-refractivity contribution in [3.05, 3.63) is 24.2 Å². The predicted octanol–water partition coefficient (Wildman–Crippen LogP) is 1.39. The highest BCUT2D eigenvalue weighted by atomic mass is 16.6. The van der Waals surface area contributed by atoms with Crippen LogP contribution in [0.2, 0.25) is 0 Å². The van der Waals surface area contributed by atoms with Crippen molar-refractivity contribution in [1.29, 1.82) is 0 Å². The zero-order chi connectivity index (χ0) is 11.8. The molecule has 0 aliphatic carbocycles. The van der Waals surface area contributed by atoms with Crippen LogP contribution in [0.25, 0.3) is 0 Å². The number of carbonyl (C=O) groups is 2. The van der Waals surface area contributed by atoms with Gasteiger partial charge in [0.1, 0.15) is 12.9 Å². The fraction of sp³-hybridized carbons (Fsp3) is 0.455. The molecule has 0 aromatic carbocycles. The summed E-state index contributed by atoms with van der Waals surface area (Å²) in [6, 6.07) is 1.48. The topological polar surface area (TPSA) is 65.7 Å². The molecule has 16 heavy (non-hydrogen) atoms. The van der Waals surface area contributed by atoms with Gasteiger partial charge in [-0.3, -0.25) is 0 Å². The normalized spacial score (nSPS) is 22.9. The third kappa shape index (κ3) is 1.80. The van der Waals surface area contributed by atoms with Crippen molar-refractivity contribution < 1.29 is 23.5 Å². The first-order chi connectivity index (χ1) is 7.50. The van der Waals surface area contributed by atoms with E-state index in [-0.39, 0.29) is 12.2 Å². The van der Waals surface area contributed by atoms with Crippen LogP contribution in [-0.4, -0.2) is 24.6 Å². The average Bonchev–Trinajstić information content (AvgIpc) is 2.81. The highest BCUT2D eigenvalue weighted by molar-refractivity contribution is 5.91. The van der Waals surface area contributed by atoms with Crippen LogP contribution in [0.15, 0.2) is 23.0 Å². The molecule has 86 valence electrons. The zero-order valence-corrected chi connectivity index (χ0v) is 9.06. The first-order valence-electron chi connectivity index (χ1n) is 4.90. The lowest BCUT2D eigenvalue weighted by molar-refractivity contribution is -0.145. The Balaban J connectivity index is 2.10. The standard InChI is InChI=1S/C11H12O5/c1-11(2)6-15-10(13)8(11)16-9(12)7-3-4-14-5-7/h3-5,8H,6H2,1-2H3/t8-/m0/s1. The molecule has 5 nitrogen and oxygen atoms in total. The Kier molecular flexibility index (Phi) is 2.46. The molecular weight excluding hydrogens is 212 g/mol. The molecule has 1 atom stereocenters. The number of cyclic esters (lactones) is 1. The maximum Gasteiger partial charge on any atom is 0.348 e. The molecule has 0 amide bonds. The summed E-state index contributed by atoms with van der Waals surface area (Å²) in [5.41, 5.74) is -0.202. The summed E-state index contributed by atoms with van der Waals surface area (Å²) in [7, 11) is 0. The molecule has 1 fully saturated rings. The van der Waals surface area contributed by atoms with E-state index in [9.17, 15) is 9.59 Å². The SMILES string of the molecule is CC1(C)COC(=O)[C@@H]1OC(=O)c1ccoc1. The minimum Gasteiger partial charge on any atom is -0.472 e. The molecule has 0 unspecified atom stereocenters. The van der Waals surface area contributed by atoms with Gasteiger partial charge in [-0.1, -0.05) is 13.8 Å². The van der Waals surface area contributed by atoms with Gasteiger partial charge in [0.2, 0.25) is 6.10 Å². The summed E-state index contributed by atoms with van der Waals surface area (Å²) in [6.45, 7) is 3.88. The summed E-state index contributed by atoms with van der Waals surface area (Å²) in [6.07, 6.45) is 1.79. The van der Waals surface area contributed by atoms with Crippen LogP contribution < -0.4 is 0 Å². The van der Waals surface area contributed by atoms with Gasteiger partial charge in [-0.15, -0.1) is 0 Å². The largest absolute Gasteiger partial charge is 0.472 e. The Hall–Kier alpha value is -1.78. The first-order valence-corrected chi connectivity index (χ1v) is 4.90. The average molecular weight is 224 g/mol. The fourth-order valence-corrected chi connectivity index (χ4v) is 1.49. The quantitative estimate of drug-likeness (QED) is 0.710. The number of rotatable bonds is 2. The minimum atomic E-state index is -0.852. The molecule has 5 heteroatoms. The summed E-state index contributed by atoms with van der Waals surface area (Å²) in [4.78, 5) is 23.0. The predicted molar refractivity (Wildman–Crippen MR) is 52.7 cm³/mol. The maximum atomic E-state index is 11.6. The van der Waals surface area contributed by atoms with Crippen molar-refractivity contribution in [2.75, 3.05) is 6.61 Å². The van der Waals surface area contributed by atoms with E-state index in [4.69, 9.17) is 13.9 Å². The Labute approximate surface area is 92.3 Å². The molecular formula is C11H12O5. The molecule has 0 radical (unpaired) electrons. The van der Waals surface area contributed by atoms with Gasteiger partial charge in [0.05, 0.1) is 11.8 Å². The van der Waals surface area contributed by atoms with Gasteiger partial charge in [-0.2, -0.15) is 0 Å². The van der Waals surface area contributed by atoms with Crippen LogP contribution in [-0.2, 0) is 14.3 Å². The summed E-state index contributed by atoms with van der Waals surface area (Å²) < 4.78 is 14.7. The maximum absolute atomic E-state index is 11.6. The molecule has 0 saturated carbocycles. The third-order valence-corrected chi connectivity index (χ3v) is 2.49. The summed E-state index contributed by atoms with van der Waals surface area (Å²) in [5.74, 6) is -1.08. The van der Waals surface area contributed by atoms with E-state index in [0.717, 1.165) is 0 Å². The molecule has 1 aliphatic heterocycles.